The van der Waals surface area contributed by atoms with Crippen molar-refractivity contribution in [3.8, 4) is 6.07 Å². The van der Waals surface area contributed by atoms with E-state index in [4.69, 9.17) is 28.6 Å². The molecule has 1 N–H and O–H groups in total. The molecule has 0 aliphatic carbocycles. The van der Waals surface area contributed by atoms with Crippen LogP contribution in [-0.4, -0.2) is 66.1 Å². The normalized spacial score (nSPS) is 25.4. The zero-order chi connectivity index (χ0) is 28.0. The van der Waals surface area contributed by atoms with E-state index in [0.29, 0.717) is 6.61 Å². The highest BCUT2D eigenvalue weighted by atomic mass is 28.4. The first-order valence-electron chi connectivity index (χ1n) is 12.5. The molecule has 0 bridgehead atoms. The fraction of sp³-hybridized carbons (Fsp3) is 0.760. The van der Waals surface area contributed by atoms with Gasteiger partial charge in [0, 0.05) is 0 Å². The van der Waals surface area contributed by atoms with Gasteiger partial charge in [-0.3, -0.25) is 14.7 Å². The number of carbonyl (C=O) groups excluding carboxylic acids is 2. The van der Waals surface area contributed by atoms with Gasteiger partial charge in [0.2, 0.25) is 0 Å². The molecular formula is C25H40N4O7Si. The Kier molecular flexibility index (Phi) is 7.99. The third-order valence-electron chi connectivity index (χ3n) is 6.73. The van der Waals surface area contributed by atoms with Crippen molar-refractivity contribution in [3.05, 3.63) is 12.0 Å². The minimum atomic E-state index is -2.07. The molecule has 0 spiro atoms. The largest absolute Gasteiger partial charge is 0.444 e. The molecule has 1 aromatic rings. The number of ketones is 1. The molecule has 0 radical (unpaired) electrons. The van der Waals surface area contributed by atoms with Gasteiger partial charge < -0.3 is 23.4 Å². The van der Waals surface area contributed by atoms with Crippen molar-refractivity contribution in [1.29, 1.82) is 5.26 Å². The van der Waals surface area contributed by atoms with E-state index in [0.717, 1.165) is 0 Å². The second kappa shape index (κ2) is 10.1. The third kappa shape index (κ3) is 6.59. The molecule has 2 aliphatic heterocycles. The number of imidazole rings is 1. The van der Waals surface area contributed by atoms with Gasteiger partial charge >= 0.3 is 6.09 Å². The molecule has 11 nitrogen and oxygen atoms in total. The second-order valence-electron chi connectivity index (χ2n) is 12.4. The van der Waals surface area contributed by atoms with Crippen molar-refractivity contribution in [2.24, 2.45) is 0 Å². The van der Waals surface area contributed by atoms with Crippen LogP contribution in [0.5, 0.6) is 0 Å². The van der Waals surface area contributed by atoms with E-state index in [1.165, 1.54) is 10.9 Å². The van der Waals surface area contributed by atoms with Crippen LogP contribution >= 0.6 is 0 Å². The number of Topliss-reactive ketones (excluding diaryl/α,β-unsaturated/α-hetero) is 1. The van der Waals surface area contributed by atoms with E-state index in [1.807, 2.05) is 19.9 Å². The number of aromatic nitrogens is 2. The number of nitriles is 1. The first kappa shape index (κ1) is 29.3. The number of anilines is 1. The molecule has 0 saturated carbocycles. The number of nitrogens with one attached hydrogen (secondary N) is 1. The molecule has 3 heterocycles. The summed E-state index contributed by atoms with van der Waals surface area (Å²) in [4.78, 5) is 29.5. The Morgan fingerprint density at radius 1 is 1.19 bits per heavy atom. The van der Waals surface area contributed by atoms with Crippen molar-refractivity contribution in [2.75, 3.05) is 11.9 Å². The van der Waals surface area contributed by atoms with E-state index in [9.17, 15) is 9.59 Å². The van der Waals surface area contributed by atoms with Gasteiger partial charge in [0.15, 0.2) is 26.1 Å². The van der Waals surface area contributed by atoms with E-state index < -0.39 is 62.5 Å². The lowest BCUT2D eigenvalue weighted by atomic mass is 10.1. The topological polar surface area (TPSA) is 134 Å². The molecule has 12 heteroatoms. The van der Waals surface area contributed by atoms with Gasteiger partial charge in [0.1, 0.15) is 41.8 Å². The van der Waals surface area contributed by atoms with E-state index in [2.05, 4.69) is 44.2 Å². The zero-order valence-electron chi connectivity index (χ0n) is 23.5. The maximum atomic E-state index is 12.7. The van der Waals surface area contributed by atoms with Gasteiger partial charge in [-0.05, 0) is 52.8 Å². The first-order valence-corrected chi connectivity index (χ1v) is 15.4. The fourth-order valence-electron chi connectivity index (χ4n) is 3.96. The lowest BCUT2D eigenvalue weighted by molar-refractivity contribution is -0.199. The quantitative estimate of drug-likeness (QED) is 0.386. The summed E-state index contributed by atoms with van der Waals surface area (Å²) < 4.78 is 32.2. The number of carbonyl (C=O) groups is 2. The van der Waals surface area contributed by atoms with Crippen molar-refractivity contribution in [3.63, 3.8) is 0 Å². The zero-order valence-corrected chi connectivity index (χ0v) is 24.5. The Hall–Kier alpha value is -2.30. The molecule has 1 amide bonds. The number of hydrogen-bond donors (Lipinski definition) is 1. The number of ether oxygens (including phenoxy) is 4. The number of nitrogens with zero attached hydrogens (tertiary/aromatic N) is 3. The molecule has 1 aromatic heterocycles. The highest BCUT2D eigenvalue weighted by Gasteiger charge is 2.57. The number of fused-ring (bicyclic) bond motifs is 1. The number of amides is 1. The SMILES string of the molecule is CC(C)(C)OC(=O)Nc1c(C(=O)CC#N)ncn1[C@@H]1O[C@H](CO[Si](C)(C)C(C)(C)C)[C@H]2OC(C)(C)O[C@H]21. The maximum Gasteiger partial charge on any atom is 0.413 e. The van der Waals surface area contributed by atoms with Crippen molar-refractivity contribution in [1.82, 2.24) is 9.55 Å². The molecule has 2 aliphatic rings. The summed E-state index contributed by atoms with van der Waals surface area (Å²) in [6, 6.07) is 1.83. The average molecular weight is 537 g/mol. The summed E-state index contributed by atoms with van der Waals surface area (Å²) in [6.07, 6.45) is -2.01. The monoisotopic (exact) mass is 536 g/mol. The summed E-state index contributed by atoms with van der Waals surface area (Å²) >= 11 is 0. The minimum Gasteiger partial charge on any atom is -0.444 e. The van der Waals surface area contributed by atoms with Crippen LogP contribution in [0.3, 0.4) is 0 Å². The maximum absolute atomic E-state index is 12.7. The molecule has 0 aromatic carbocycles. The summed E-state index contributed by atoms with van der Waals surface area (Å²) in [5.41, 5.74) is -0.828. The van der Waals surface area contributed by atoms with Gasteiger partial charge in [-0.15, -0.1) is 0 Å². The number of rotatable bonds is 7. The van der Waals surface area contributed by atoms with Gasteiger partial charge in [-0.2, -0.15) is 5.26 Å². The second-order valence-corrected chi connectivity index (χ2v) is 17.2. The predicted octanol–water partition coefficient (Wildman–Crippen LogP) is 4.77. The highest BCUT2D eigenvalue weighted by molar-refractivity contribution is 6.74. The smallest absolute Gasteiger partial charge is 0.413 e. The van der Waals surface area contributed by atoms with Crippen LogP contribution in [0.15, 0.2) is 6.33 Å². The molecule has 2 saturated heterocycles. The van der Waals surface area contributed by atoms with E-state index >= 15 is 0 Å². The average Bonchev–Trinajstić information content (AvgIpc) is 3.35. The van der Waals surface area contributed by atoms with Crippen LogP contribution in [0.4, 0.5) is 10.6 Å². The molecule has 4 atom stereocenters. The molecule has 0 unspecified atom stereocenters. The van der Waals surface area contributed by atoms with Gasteiger partial charge in [0.05, 0.1) is 19.0 Å². The fourth-order valence-corrected chi connectivity index (χ4v) is 4.98. The predicted molar refractivity (Wildman–Crippen MR) is 138 cm³/mol. The van der Waals surface area contributed by atoms with Gasteiger partial charge in [0.25, 0.3) is 0 Å². The molecule has 206 valence electrons. The van der Waals surface area contributed by atoms with Crippen LogP contribution in [0.25, 0.3) is 0 Å². The Labute approximate surface area is 219 Å². The van der Waals surface area contributed by atoms with Gasteiger partial charge in [-0.1, -0.05) is 20.8 Å². The number of hydrogen-bond acceptors (Lipinski definition) is 9. The van der Waals surface area contributed by atoms with Crippen LogP contribution in [-0.2, 0) is 23.4 Å². The molecule has 3 rings (SSSR count). The Morgan fingerprint density at radius 2 is 1.81 bits per heavy atom. The summed E-state index contributed by atoms with van der Waals surface area (Å²) in [6.45, 7) is 20.0. The Balaban J connectivity index is 1.95. The van der Waals surface area contributed by atoms with Crippen LogP contribution in [0.2, 0.25) is 18.1 Å². The summed E-state index contributed by atoms with van der Waals surface area (Å²) in [7, 11) is -2.07. The Morgan fingerprint density at radius 3 is 2.38 bits per heavy atom. The van der Waals surface area contributed by atoms with E-state index in [-0.39, 0.29) is 16.6 Å². The first-order chi connectivity index (χ1) is 16.9. The van der Waals surface area contributed by atoms with Crippen LogP contribution < -0.4 is 5.32 Å². The van der Waals surface area contributed by atoms with Crippen molar-refractivity contribution in [2.45, 2.75) is 116 Å². The standard InChI is InChI=1S/C25H40N4O7Si/c1-23(2,3)36-22(31)28-20-17(15(30)11-12-26)27-14-29(20)21-19-18(34-25(7,8)35-19)16(33-21)13-32-37(9,10)24(4,5)6/h14,16,18-19,21H,11,13H2,1-10H3,(H,28,31)/t16-,18-,19-,21-/m1/s1. The molecule has 37 heavy (non-hydrogen) atoms. The summed E-state index contributed by atoms with van der Waals surface area (Å²) in [5, 5.41) is 11.7. The Bertz CT molecular complexity index is 1060. The minimum absolute atomic E-state index is 0.0154. The highest BCUT2D eigenvalue weighted by Crippen LogP contribution is 2.45. The van der Waals surface area contributed by atoms with E-state index in [1.54, 1.807) is 20.8 Å². The summed E-state index contributed by atoms with van der Waals surface area (Å²) in [5.74, 6) is -1.34. The van der Waals surface area contributed by atoms with Crippen LogP contribution in [0, 0.1) is 11.3 Å². The van der Waals surface area contributed by atoms with Crippen molar-refractivity contribution >= 4 is 26.0 Å². The molecule has 2 fully saturated rings. The van der Waals surface area contributed by atoms with Gasteiger partial charge in [-0.25, -0.2) is 9.78 Å². The van der Waals surface area contributed by atoms with Crippen LogP contribution in [0.1, 0.15) is 78.5 Å². The lowest BCUT2D eigenvalue weighted by Crippen LogP contribution is -2.44. The van der Waals surface area contributed by atoms with Crippen molar-refractivity contribution < 1.29 is 33.0 Å². The lowest BCUT2D eigenvalue weighted by Gasteiger charge is -2.37. The molecular weight excluding hydrogens is 496 g/mol. The third-order valence-corrected chi connectivity index (χ3v) is 11.2.